The zero-order valence-electron chi connectivity index (χ0n) is 15.7. The molecule has 0 atom stereocenters. The first-order chi connectivity index (χ1) is 13.7. The first kappa shape index (κ1) is 18.7. The summed E-state index contributed by atoms with van der Waals surface area (Å²) in [6.07, 6.45) is 0. The van der Waals surface area contributed by atoms with E-state index >= 15 is 0 Å². The van der Waals surface area contributed by atoms with Crippen LogP contribution in [-0.2, 0) is 9.53 Å². The third kappa shape index (κ3) is 4.10. The molecule has 6 nitrogen and oxygen atoms in total. The highest BCUT2D eigenvalue weighted by molar-refractivity contribution is 7.99. The van der Waals surface area contributed by atoms with Crippen LogP contribution in [-0.4, -0.2) is 57.6 Å². The number of ether oxygens (including phenoxy) is 1. The summed E-state index contributed by atoms with van der Waals surface area (Å²) in [7, 11) is 0. The summed E-state index contributed by atoms with van der Waals surface area (Å²) in [5.74, 6) is 1.21. The molecule has 1 aliphatic heterocycles. The monoisotopic (exact) mass is 394 g/mol. The molecule has 0 unspecified atom stereocenters. The molecule has 0 radical (unpaired) electrons. The van der Waals surface area contributed by atoms with E-state index in [1.165, 1.54) is 11.8 Å². The van der Waals surface area contributed by atoms with Gasteiger partial charge in [-0.25, -0.2) is 0 Å². The molecule has 0 spiro atoms. The number of hydrogen-bond acceptors (Lipinski definition) is 5. The van der Waals surface area contributed by atoms with Gasteiger partial charge in [0.25, 0.3) is 0 Å². The van der Waals surface area contributed by atoms with Crippen molar-refractivity contribution in [3.8, 4) is 17.1 Å². The van der Waals surface area contributed by atoms with Crippen molar-refractivity contribution < 1.29 is 9.53 Å². The number of benzene rings is 2. The van der Waals surface area contributed by atoms with Gasteiger partial charge in [0.15, 0.2) is 11.0 Å². The SMILES string of the molecule is Cc1cccc(-c2nnc(SCC(=O)N3CCOCC3)n2-c2ccccc2)c1. The average Bonchev–Trinajstić information content (AvgIpc) is 3.17. The third-order valence-electron chi connectivity index (χ3n) is 4.61. The highest BCUT2D eigenvalue weighted by Gasteiger charge is 2.20. The molecule has 28 heavy (non-hydrogen) atoms. The largest absolute Gasteiger partial charge is 0.378 e. The summed E-state index contributed by atoms with van der Waals surface area (Å²) < 4.78 is 7.34. The minimum Gasteiger partial charge on any atom is -0.378 e. The molecule has 1 saturated heterocycles. The predicted octanol–water partition coefficient (Wildman–Crippen LogP) is 3.19. The van der Waals surface area contributed by atoms with Crippen molar-refractivity contribution in [2.24, 2.45) is 0 Å². The molecule has 2 heterocycles. The molecular formula is C21H22N4O2S. The molecule has 0 saturated carbocycles. The van der Waals surface area contributed by atoms with E-state index in [0.717, 1.165) is 22.6 Å². The van der Waals surface area contributed by atoms with Gasteiger partial charge >= 0.3 is 0 Å². The van der Waals surface area contributed by atoms with E-state index in [2.05, 4.69) is 29.3 Å². The summed E-state index contributed by atoms with van der Waals surface area (Å²) in [5, 5.41) is 9.55. The maximum atomic E-state index is 12.5. The predicted molar refractivity (Wildman–Crippen MR) is 110 cm³/mol. The van der Waals surface area contributed by atoms with Crippen molar-refractivity contribution in [1.82, 2.24) is 19.7 Å². The lowest BCUT2D eigenvalue weighted by atomic mass is 10.1. The first-order valence-electron chi connectivity index (χ1n) is 9.28. The van der Waals surface area contributed by atoms with Crippen LogP contribution >= 0.6 is 11.8 Å². The fraction of sp³-hybridized carbons (Fsp3) is 0.286. The summed E-state index contributed by atoms with van der Waals surface area (Å²) >= 11 is 1.42. The Labute approximate surface area is 168 Å². The summed E-state index contributed by atoms with van der Waals surface area (Å²) in [6.45, 7) is 4.57. The highest BCUT2D eigenvalue weighted by atomic mass is 32.2. The van der Waals surface area contributed by atoms with E-state index in [1.807, 2.05) is 51.9 Å². The number of carbonyl (C=O) groups is 1. The van der Waals surface area contributed by atoms with Gasteiger partial charge in [0, 0.05) is 24.3 Å². The van der Waals surface area contributed by atoms with Crippen molar-refractivity contribution in [3.05, 3.63) is 60.2 Å². The number of morpholine rings is 1. The molecule has 3 aromatic rings. The lowest BCUT2D eigenvalue weighted by Crippen LogP contribution is -2.41. The number of nitrogens with zero attached hydrogens (tertiary/aromatic N) is 4. The van der Waals surface area contributed by atoms with Crippen LogP contribution in [0.5, 0.6) is 0 Å². The Morgan fingerprint density at radius 3 is 2.61 bits per heavy atom. The second-order valence-electron chi connectivity index (χ2n) is 6.63. The number of thioether (sulfide) groups is 1. The van der Waals surface area contributed by atoms with E-state index in [0.29, 0.717) is 37.2 Å². The number of aromatic nitrogens is 3. The van der Waals surface area contributed by atoms with Gasteiger partial charge in [0.1, 0.15) is 0 Å². The van der Waals surface area contributed by atoms with Gasteiger partial charge in [-0.15, -0.1) is 10.2 Å². The van der Waals surface area contributed by atoms with Crippen LogP contribution in [0.4, 0.5) is 0 Å². The van der Waals surface area contributed by atoms with Crippen LogP contribution in [0, 0.1) is 6.92 Å². The van der Waals surface area contributed by atoms with Crippen LogP contribution in [0.1, 0.15) is 5.56 Å². The normalized spacial score (nSPS) is 14.2. The smallest absolute Gasteiger partial charge is 0.233 e. The molecule has 0 aliphatic carbocycles. The quantitative estimate of drug-likeness (QED) is 0.622. The Kier molecular flexibility index (Phi) is 5.73. The third-order valence-corrected chi connectivity index (χ3v) is 5.53. The summed E-state index contributed by atoms with van der Waals surface area (Å²) in [4.78, 5) is 14.4. The second kappa shape index (κ2) is 8.58. The number of aryl methyl sites for hydroxylation is 1. The van der Waals surface area contributed by atoms with Gasteiger partial charge in [-0.2, -0.15) is 0 Å². The van der Waals surface area contributed by atoms with Crippen molar-refractivity contribution in [3.63, 3.8) is 0 Å². The van der Waals surface area contributed by atoms with E-state index in [4.69, 9.17) is 4.74 Å². The van der Waals surface area contributed by atoms with E-state index < -0.39 is 0 Å². The van der Waals surface area contributed by atoms with Crippen molar-refractivity contribution >= 4 is 17.7 Å². The Hall–Kier alpha value is -2.64. The van der Waals surface area contributed by atoms with Crippen LogP contribution in [0.15, 0.2) is 59.8 Å². The van der Waals surface area contributed by atoms with Crippen molar-refractivity contribution in [2.75, 3.05) is 32.1 Å². The lowest BCUT2D eigenvalue weighted by Gasteiger charge is -2.26. The molecule has 7 heteroatoms. The maximum absolute atomic E-state index is 12.5. The van der Waals surface area contributed by atoms with Gasteiger partial charge in [-0.05, 0) is 25.1 Å². The topological polar surface area (TPSA) is 60.3 Å². The van der Waals surface area contributed by atoms with Crippen molar-refractivity contribution in [2.45, 2.75) is 12.1 Å². The zero-order chi connectivity index (χ0) is 19.3. The minimum atomic E-state index is 0.105. The number of hydrogen-bond donors (Lipinski definition) is 0. The Morgan fingerprint density at radius 2 is 1.86 bits per heavy atom. The molecule has 0 N–H and O–H groups in total. The molecule has 4 rings (SSSR count). The van der Waals surface area contributed by atoms with E-state index in [1.54, 1.807) is 0 Å². The molecule has 0 bridgehead atoms. The van der Waals surface area contributed by atoms with Gasteiger partial charge in [0.05, 0.1) is 19.0 Å². The van der Waals surface area contributed by atoms with Crippen LogP contribution in [0.3, 0.4) is 0 Å². The lowest BCUT2D eigenvalue weighted by molar-refractivity contribution is -0.132. The highest BCUT2D eigenvalue weighted by Crippen LogP contribution is 2.28. The first-order valence-corrected chi connectivity index (χ1v) is 10.3. The van der Waals surface area contributed by atoms with Crippen LogP contribution in [0.2, 0.25) is 0 Å². The fourth-order valence-corrected chi connectivity index (χ4v) is 4.03. The van der Waals surface area contributed by atoms with Gasteiger partial charge in [-0.1, -0.05) is 53.7 Å². The van der Waals surface area contributed by atoms with Gasteiger partial charge in [-0.3, -0.25) is 9.36 Å². The van der Waals surface area contributed by atoms with Crippen molar-refractivity contribution in [1.29, 1.82) is 0 Å². The fourth-order valence-electron chi connectivity index (χ4n) is 3.17. The number of para-hydroxylation sites is 1. The summed E-state index contributed by atoms with van der Waals surface area (Å²) in [6, 6.07) is 18.2. The standard InChI is InChI=1S/C21H22N4O2S/c1-16-6-5-7-17(14-16)20-22-23-21(25(20)18-8-3-2-4-9-18)28-15-19(26)24-10-12-27-13-11-24/h2-9,14H,10-13,15H2,1H3. The maximum Gasteiger partial charge on any atom is 0.233 e. The van der Waals surface area contributed by atoms with Gasteiger partial charge < -0.3 is 9.64 Å². The zero-order valence-corrected chi connectivity index (χ0v) is 16.6. The van der Waals surface area contributed by atoms with E-state index in [9.17, 15) is 4.79 Å². The average molecular weight is 395 g/mol. The molecule has 1 amide bonds. The van der Waals surface area contributed by atoms with E-state index in [-0.39, 0.29) is 5.91 Å². The van der Waals surface area contributed by atoms with Gasteiger partial charge in [0.2, 0.25) is 5.91 Å². The molecule has 1 aliphatic rings. The summed E-state index contributed by atoms with van der Waals surface area (Å²) in [5.41, 5.74) is 3.14. The number of carbonyl (C=O) groups excluding carboxylic acids is 1. The number of rotatable bonds is 5. The molecule has 144 valence electrons. The Morgan fingerprint density at radius 1 is 1.07 bits per heavy atom. The van der Waals surface area contributed by atoms with Crippen LogP contribution < -0.4 is 0 Å². The second-order valence-corrected chi connectivity index (χ2v) is 7.57. The molecule has 2 aromatic carbocycles. The number of amides is 1. The minimum absolute atomic E-state index is 0.105. The Balaban J connectivity index is 1.63. The molecular weight excluding hydrogens is 372 g/mol. The molecule has 1 aromatic heterocycles. The molecule has 1 fully saturated rings. The Bertz CT molecular complexity index is 952. The van der Waals surface area contributed by atoms with Crippen LogP contribution in [0.25, 0.3) is 17.1 Å².